The molecule has 0 spiro atoms. The standard InChI is InChI=1S/C12H24O2/c1-8(2)10(4)12(13)11-5-6-14-7-9(11)3/h8-13H,5-7H2,1-4H3. The fraction of sp³-hybridized carbons (Fsp3) is 1.00. The molecule has 1 saturated heterocycles. The Morgan fingerprint density at radius 2 is 1.93 bits per heavy atom. The van der Waals surface area contributed by atoms with Gasteiger partial charge in [0.1, 0.15) is 0 Å². The van der Waals surface area contributed by atoms with Crippen LogP contribution in [0.15, 0.2) is 0 Å². The van der Waals surface area contributed by atoms with Gasteiger partial charge in [0.15, 0.2) is 0 Å². The molecule has 1 aliphatic rings. The van der Waals surface area contributed by atoms with Crippen LogP contribution in [-0.4, -0.2) is 24.4 Å². The van der Waals surface area contributed by atoms with Crippen molar-refractivity contribution in [3.63, 3.8) is 0 Å². The number of hydrogen-bond acceptors (Lipinski definition) is 2. The van der Waals surface area contributed by atoms with E-state index in [-0.39, 0.29) is 6.10 Å². The summed E-state index contributed by atoms with van der Waals surface area (Å²) < 4.78 is 5.39. The summed E-state index contributed by atoms with van der Waals surface area (Å²) in [5.41, 5.74) is 0. The van der Waals surface area contributed by atoms with E-state index in [0.29, 0.717) is 23.7 Å². The van der Waals surface area contributed by atoms with Crippen molar-refractivity contribution in [3.8, 4) is 0 Å². The van der Waals surface area contributed by atoms with Crippen LogP contribution in [0, 0.1) is 23.7 Å². The second kappa shape index (κ2) is 5.13. The van der Waals surface area contributed by atoms with Crippen molar-refractivity contribution in [2.24, 2.45) is 23.7 Å². The SMILES string of the molecule is CC(C)C(C)C(O)C1CCOCC1C. The summed E-state index contributed by atoms with van der Waals surface area (Å²) in [6, 6.07) is 0. The van der Waals surface area contributed by atoms with Gasteiger partial charge < -0.3 is 9.84 Å². The van der Waals surface area contributed by atoms with Crippen molar-refractivity contribution >= 4 is 0 Å². The number of rotatable bonds is 3. The van der Waals surface area contributed by atoms with E-state index >= 15 is 0 Å². The first-order valence-electron chi connectivity index (χ1n) is 5.79. The van der Waals surface area contributed by atoms with E-state index < -0.39 is 0 Å². The highest BCUT2D eigenvalue weighted by Crippen LogP contribution is 2.30. The molecular weight excluding hydrogens is 176 g/mol. The second-order valence-electron chi connectivity index (χ2n) is 5.10. The van der Waals surface area contributed by atoms with Crippen LogP contribution in [0.2, 0.25) is 0 Å². The molecule has 0 radical (unpaired) electrons. The van der Waals surface area contributed by atoms with Crippen LogP contribution in [-0.2, 0) is 4.74 Å². The summed E-state index contributed by atoms with van der Waals surface area (Å²) >= 11 is 0. The Hall–Kier alpha value is -0.0800. The smallest absolute Gasteiger partial charge is 0.0600 e. The molecule has 0 saturated carbocycles. The van der Waals surface area contributed by atoms with Crippen LogP contribution in [0.4, 0.5) is 0 Å². The maximum atomic E-state index is 10.2. The largest absolute Gasteiger partial charge is 0.393 e. The average molecular weight is 200 g/mol. The summed E-state index contributed by atoms with van der Waals surface area (Å²) in [7, 11) is 0. The van der Waals surface area contributed by atoms with E-state index in [0.717, 1.165) is 19.6 Å². The van der Waals surface area contributed by atoms with Gasteiger partial charge in [0, 0.05) is 13.2 Å². The van der Waals surface area contributed by atoms with Crippen molar-refractivity contribution in [1.29, 1.82) is 0 Å². The molecule has 0 amide bonds. The predicted molar refractivity (Wildman–Crippen MR) is 58.1 cm³/mol. The lowest BCUT2D eigenvalue weighted by Gasteiger charge is -2.36. The van der Waals surface area contributed by atoms with Gasteiger partial charge in [-0.2, -0.15) is 0 Å². The van der Waals surface area contributed by atoms with Gasteiger partial charge in [-0.3, -0.25) is 0 Å². The Morgan fingerprint density at radius 3 is 2.43 bits per heavy atom. The molecule has 1 rings (SSSR count). The van der Waals surface area contributed by atoms with Crippen LogP contribution in [0.25, 0.3) is 0 Å². The summed E-state index contributed by atoms with van der Waals surface area (Å²) in [6.45, 7) is 10.3. The van der Waals surface area contributed by atoms with Gasteiger partial charge in [-0.1, -0.05) is 27.7 Å². The number of aliphatic hydroxyl groups excluding tert-OH is 1. The van der Waals surface area contributed by atoms with Gasteiger partial charge in [0.2, 0.25) is 0 Å². The molecule has 2 nitrogen and oxygen atoms in total. The average Bonchev–Trinajstić information content (AvgIpc) is 2.16. The summed E-state index contributed by atoms with van der Waals surface area (Å²) in [6.07, 6.45) is 0.855. The van der Waals surface area contributed by atoms with Gasteiger partial charge in [0.25, 0.3) is 0 Å². The van der Waals surface area contributed by atoms with Crippen molar-refractivity contribution in [1.82, 2.24) is 0 Å². The van der Waals surface area contributed by atoms with E-state index in [9.17, 15) is 5.11 Å². The van der Waals surface area contributed by atoms with Gasteiger partial charge >= 0.3 is 0 Å². The molecular formula is C12H24O2. The molecule has 1 heterocycles. The Bertz CT molecular complexity index is 168. The van der Waals surface area contributed by atoms with E-state index in [1.165, 1.54) is 0 Å². The summed E-state index contributed by atoms with van der Waals surface area (Å²) in [4.78, 5) is 0. The molecule has 1 N–H and O–H groups in total. The molecule has 84 valence electrons. The van der Waals surface area contributed by atoms with E-state index in [1.807, 2.05) is 0 Å². The zero-order chi connectivity index (χ0) is 10.7. The maximum absolute atomic E-state index is 10.2. The van der Waals surface area contributed by atoms with Gasteiger partial charge in [0.05, 0.1) is 6.10 Å². The normalized spacial score (nSPS) is 33.0. The molecule has 4 unspecified atom stereocenters. The second-order valence-corrected chi connectivity index (χ2v) is 5.10. The van der Waals surface area contributed by atoms with Crippen LogP contribution >= 0.6 is 0 Å². The summed E-state index contributed by atoms with van der Waals surface area (Å²) in [5, 5.41) is 10.2. The Morgan fingerprint density at radius 1 is 1.29 bits per heavy atom. The van der Waals surface area contributed by atoms with Crippen molar-refractivity contribution in [2.45, 2.75) is 40.2 Å². The number of hydrogen-bond donors (Lipinski definition) is 1. The monoisotopic (exact) mass is 200 g/mol. The molecule has 0 bridgehead atoms. The quantitative estimate of drug-likeness (QED) is 0.757. The van der Waals surface area contributed by atoms with Crippen LogP contribution in [0.3, 0.4) is 0 Å². The van der Waals surface area contributed by atoms with Gasteiger partial charge in [-0.25, -0.2) is 0 Å². The first kappa shape index (κ1) is 12.0. The van der Waals surface area contributed by atoms with Crippen molar-refractivity contribution in [3.05, 3.63) is 0 Å². The van der Waals surface area contributed by atoms with Gasteiger partial charge in [-0.15, -0.1) is 0 Å². The van der Waals surface area contributed by atoms with Crippen LogP contribution in [0.5, 0.6) is 0 Å². The molecule has 1 aliphatic heterocycles. The minimum Gasteiger partial charge on any atom is -0.393 e. The molecule has 2 heteroatoms. The van der Waals surface area contributed by atoms with E-state index in [2.05, 4.69) is 27.7 Å². The third kappa shape index (κ3) is 2.71. The highest BCUT2D eigenvalue weighted by molar-refractivity contribution is 4.81. The van der Waals surface area contributed by atoms with Crippen LogP contribution < -0.4 is 0 Å². The minimum atomic E-state index is -0.158. The Kier molecular flexibility index (Phi) is 4.39. The molecule has 0 aromatic rings. The number of aliphatic hydroxyl groups is 1. The molecule has 4 atom stereocenters. The van der Waals surface area contributed by atoms with Gasteiger partial charge in [-0.05, 0) is 30.1 Å². The maximum Gasteiger partial charge on any atom is 0.0600 e. The lowest BCUT2D eigenvalue weighted by atomic mass is 9.77. The van der Waals surface area contributed by atoms with Crippen molar-refractivity contribution < 1.29 is 9.84 Å². The third-order valence-corrected chi connectivity index (χ3v) is 3.74. The lowest BCUT2D eigenvalue weighted by Crippen LogP contribution is -2.39. The van der Waals surface area contributed by atoms with E-state index in [1.54, 1.807) is 0 Å². The first-order valence-corrected chi connectivity index (χ1v) is 5.79. The molecule has 0 aliphatic carbocycles. The first-order chi connectivity index (χ1) is 6.54. The van der Waals surface area contributed by atoms with Crippen LogP contribution in [0.1, 0.15) is 34.1 Å². The highest BCUT2D eigenvalue weighted by atomic mass is 16.5. The van der Waals surface area contributed by atoms with Crippen molar-refractivity contribution in [2.75, 3.05) is 13.2 Å². The minimum absolute atomic E-state index is 0.158. The fourth-order valence-corrected chi connectivity index (χ4v) is 2.19. The third-order valence-electron chi connectivity index (χ3n) is 3.74. The Balaban J connectivity index is 2.53. The zero-order valence-electron chi connectivity index (χ0n) is 9.86. The molecule has 14 heavy (non-hydrogen) atoms. The zero-order valence-corrected chi connectivity index (χ0v) is 9.86. The molecule has 1 fully saturated rings. The predicted octanol–water partition coefficient (Wildman–Crippen LogP) is 2.31. The highest BCUT2D eigenvalue weighted by Gasteiger charge is 2.32. The molecule has 0 aromatic heterocycles. The fourth-order valence-electron chi connectivity index (χ4n) is 2.19. The molecule has 0 aromatic carbocycles. The van der Waals surface area contributed by atoms with E-state index in [4.69, 9.17) is 4.74 Å². The number of ether oxygens (including phenoxy) is 1. The topological polar surface area (TPSA) is 29.5 Å². The Labute approximate surface area is 87.7 Å². The summed E-state index contributed by atoms with van der Waals surface area (Å²) in [5.74, 6) is 1.88. The lowest BCUT2D eigenvalue weighted by molar-refractivity contribution is -0.0547.